The highest BCUT2D eigenvalue weighted by molar-refractivity contribution is 5.83. The van der Waals surface area contributed by atoms with Crippen molar-refractivity contribution in [3.8, 4) is 0 Å². The third-order valence-corrected chi connectivity index (χ3v) is 4.54. The van der Waals surface area contributed by atoms with Gasteiger partial charge in [-0.25, -0.2) is 13.2 Å². The molecule has 0 atom stereocenters. The molecule has 126 valence electrons. The van der Waals surface area contributed by atoms with Crippen LogP contribution in [0.4, 0.5) is 13.2 Å². The fraction of sp³-hybridized carbons (Fsp3) is 0.529. The number of aromatic amines is 1. The van der Waals surface area contributed by atoms with Crippen LogP contribution in [0.3, 0.4) is 0 Å². The number of nitrogens with one attached hydrogen (secondary N) is 2. The zero-order valence-corrected chi connectivity index (χ0v) is 13.0. The Balaban J connectivity index is 1.45. The van der Waals surface area contributed by atoms with Crippen molar-refractivity contribution in [2.45, 2.75) is 31.7 Å². The maximum atomic E-state index is 13.3. The molecule has 1 aliphatic heterocycles. The van der Waals surface area contributed by atoms with Crippen LogP contribution in [-0.2, 0) is 6.42 Å². The fourth-order valence-electron chi connectivity index (χ4n) is 3.28. The highest BCUT2D eigenvalue weighted by Crippen LogP contribution is 2.20. The van der Waals surface area contributed by atoms with E-state index in [9.17, 15) is 13.2 Å². The summed E-state index contributed by atoms with van der Waals surface area (Å²) in [6, 6.07) is 5.14. The van der Waals surface area contributed by atoms with E-state index < -0.39 is 6.43 Å². The van der Waals surface area contributed by atoms with Crippen molar-refractivity contribution in [3.63, 3.8) is 0 Å². The molecule has 0 unspecified atom stereocenters. The van der Waals surface area contributed by atoms with E-state index in [0.29, 0.717) is 6.04 Å². The number of hydrogen-bond acceptors (Lipinski definition) is 2. The Morgan fingerprint density at radius 2 is 2.04 bits per heavy atom. The summed E-state index contributed by atoms with van der Waals surface area (Å²) in [6.07, 6.45) is 2.30. The normalized spacial score (nSPS) is 17.4. The van der Waals surface area contributed by atoms with E-state index in [1.807, 2.05) is 11.1 Å². The number of hydrogen-bond donors (Lipinski definition) is 2. The van der Waals surface area contributed by atoms with Crippen LogP contribution in [0.25, 0.3) is 10.9 Å². The van der Waals surface area contributed by atoms with Crippen molar-refractivity contribution in [1.29, 1.82) is 0 Å². The fourth-order valence-corrected chi connectivity index (χ4v) is 3.28. The maximum absolute atomic E-state index is 13.3. The summed E-state index contributed by atoms with van der Waals surface area (Å²) in [5, 5.41) is 4.42. The van der Waals surface area contributed by atoms with Crippen molar-refractivity contribution in [3.05, 3.63) is 35.8 Å². The van der Waals surface area contributed by atoms with Gasteiger partial charge in [-0.05, 0) is 62.7 Å². The lowest BCUT2D eigenvalue weighted by Gasteiger charge is -2.32. The smallest absolute Gasteiger partial charge is 0.251 e. The van der Waals surface area contributed by atoms with Crippen LogP contribution in [0.1, 0.15) is 18.4 Å². The molecule has 3 rings (SSSR count). The van der Waals surface area contributed by atoms with E-state index in [4.69, 9.17) is 0 Å². The predicted molar refractivity (Wildman–Crippen MR) is 85.4 cm³/mol. The maximum Gasteiger partial charge on any atom is 0.251 e. The molecule has 1 aromatic carbocycles. The summed E-state index contributed by atoms with van der Waals surface area (Å²) in [5.74, 6) is -0.224. The summed E-state index contributed by atoms with van der Waals surface area (Å²) in [5.41, 5.74) is 2.05. The number of aromatic nitrogens is 1. The lowest BCUT2D eigenvalue weighted by molar-refractivity contribution is 0.0731. The molecule has 1 aliphatic rings. The van der Waals surface area contributed by atoms with Gasteiger partial charge in [0.2, 0.25) is 0 Å². The van der Waals surface area contributed by atoms with E-state index in [1.165, 1.54) is 6.07 Å². The van der Waals surface area contributed by atoms with Crippen LogP contribution in [-0.4, -0.2) is 48.5 Å². The molecule has 23 heavy (non-hydrogen) atoms. The highest BCUT2D eigenvalue weighted by atomic mass is 19.3. The van der Waals surface area contributed by atoms with Gasteiger partial charge in [0.15, 0.2) is 0 Å². The number of halogens is 3. The van der Waals surface area contributed by atoms with E-state index >= 15 is 0 Å². The highest BCUT2D eigenvalue weighted by Gasteiger charge is 2.20. The zero-order chi connectivity index (χ0) is 16.2. The van der Waals surface area contributed by atoms with Gasteiger partial charge >= 0.3 is 0 Å². The lowest BCUT2D eigenvalue weighted by atomic mass is 10.0. The molecule has 1 fully saturated rings. The minimum absolute atomic E-state index is 0.117. The standard InChI is InChI=1S/C17H22F3N3/c18-13-1-2-16-15(9-13)12(10-22-16)3-6-21-14-4-7-23(8-5-14)11-17(19)20/h1-2,9-10,14,17,21-22H,3-8,11H2. The SMILES string of the molecule is Fc1ccc2[nH]cc(CCNC3CCN(CC(F)F)CC3)c2c1. The summed E-state index contributed by atoms with van der Waals surface area (Å²) >= 11 is 0. The molecule has 1 saturated heterocycles. The quantitative estimate of drug-likeness (QED) is 0.855. The van der Waals surface area contributed by atoms with E-state index in [0.717, 1.165) is 55.4 Å². The molecule has 2 aromatic rings. The second-order valence-corrected chi connectivity index (χ2v) is 6.17. The van der Waals surface area contributed by atoms with Crippen molar-refractivity contribution >= 4 is 10.9 Å². The Morgan fingerprint density at radius 3 is 2.78 bits per heavy atom. The molecule has 2 N–H and O–H groups in total. The Labute approximate surface area is 133 Å². The van der Waals surface area contributed by atoms with Gasteiger partial charge in [-0.1, -0.05) is 0 Å². The third kappa shape index (κ3) is 4.26. The predicted octanol–water partition coefficient (Wildman–Crippen LogP) is 3.17. The molecule has 0 radical (unpaired) electrons. The van der Waals surface area contributed by atoms with Gasteiger partial charge in [-0.15, -0.1) is 0 Å². The number of likely N-dealkylation sites (tertiary alicyclic amines) is 1. The summed E-state index contributed by atoms with van der Waals surface area (Å²) in [4.78, 5) is 4.98. The lowest BCUT2D eigenvalue weighted by Crippen LogP contribution is -2.44. The van der Waals surface area contributed by atoms with Crippen LogP contribution >= 0.6 is 0 Å². The minimum atomic E-state index is -2.25. The van der Waals surface area contributed by atoms with Gasteiger partial charge in [0.25, 0.3) is 6.43 Å². The first kappa shape index (κ1) is 16.3. The monoisotopic (exact) mass is 325 g/mol. The molecule has 3 nitrogen and oxygen atoms in total. The molecule has 0 saturated carbocycles. The van der Waals surface area contributed by atoms with Gasteiger partial charge in [-0.2, -0.15) is 0 Å². The molecule has 0 aliphatic carbocycles. The van der Waals surface area contributed by atoms with Gasteiger partial charge in [0.1, 0.15) is 5.82 Å². The van der Waals surface area contributed by atoms with Crippen molar-refractivity contribution < 1.29 is 13.2 Å². The largest absolute Gasteiger partial charge is 0.361 e. The number of nitrogens with zero attached hydrogens (tertiary/aromatic N) is 1. The summed E-state index contributed by atoms with van der Waals surface area (Å²) in [6.45, 7) is 2.14. The van der Waals surface area contributed by atoms with E-state index in [1.54, 1.807) is 12.1 Å². The van der Waals surface area contributed by atoms with Crippen molar-refractivity contribution in [1.82, 2.24) is 15.2 Å². The third-order valence-electron chi connectivity index (χ3n) is 4.54. The molecule has 0 amide bonds. The molecular formula is C17H22F3N3. The van der Waals surface area contributed by atoms with Crippen molar-refractivity contribution in [2.75, 3.05) is 26.2 Å². The first-order chi connectivity index (χ1) is 11.1. The molecule has 0 bridgehead atoms. The molecule has 2 heterocycles. The van der Waals surface area contributed by atoms with Gasteiger partial charge in [-0.3, -0.25) is 4.90 Å². The number of rotatable bonds is 6. The van der Waals surface area contributed by atoms with Crippen molar-refractivity contribution in [2.24, 2.45) is 0 Å². The summed E-state index contributed by atoms with van der Waals surface area (Å²) < 4.78 is 38.0. The topological polar surface area (TPSA) is 31.1 Å². The number of piperidine rings is 1. The van der Waals surface area contributed by atoms with Gasteiger partial charge < -0.3 is 10.3 Å². The first-order valence-corrected chi connectivity index (χ1v) is 8.11. The number of fused-ring (bicyclic) bond motifs is 1. The Morgan fingerprint density at radius 1 is 1.26 bits per heavy atom. The van der Waals surface area contributed by atoms with Crippen LogP contribution < -0.4 is 5.32 Å². The average Bonchev–Trinajstić information content (AvgIpc) is 2.91. The number of alkyl halides is 2. The van der Waals surface area contributed by atoms with E-state index in [2.05, 4.69) is 10.3 Å². The molecule has 0 spiro atoms. The van der Waals surface area contributed by atoms with Crippen LogP contribution in [0.5, 0.6) is 0 Å². The van der Waals surface area contributed by atoms with Crippen LogP contribution in [0, 0.1) is 5.82 Å². The number of H-pyrrole nitrogens is 1. The van der Waals surface area contributed by atoms with Crippen LogP contribution in [0.2, 0.25) is 0 Å². The van der Waals surface area contributed by atoms with Crippen LogP contribution in [0.15, 0.2) is 24.4 Å². The van der Waals surface area contributed by atoms with Gasteiger partial charge in [0.05, 0.1) is 6.54 Å². The molecule has 6 heteroatoms. The number of benzene rings is 1. The van der Waals surface area contributed by atoms with Gasteiger partial charge in [0, 0.05) is 23.1 Å². The Kier molecular flexibility index (Phi) is 5.23. The molecule has 1 aromatic heterocycles. The molecular weight excluding hydrogens is 303 g/mol. The van der Waals surface area contributed by atoms with E-state index in [-0.39, 0.29) is 12.4 Å². The Bertz CT molecular complexity index is 633. The zero-order valence-electron chi connectivity index (χ0n) is 13.0. The first-order valence-electron chi connectivity index (χ1n) is 8.11. The second-order valence-electron chi connectivity index (χ2n) is 6.17. The Hall–Kier alpha value is -1.53. The summed E-state index contributed by atoms with van der Waals surface area (Å²) in [7, 11) is 0. The average molecular weight is 325 g/mol. The minimum Gasteiger partial charge on any atom is -0.361 e. The second kappa shape index (κ2) is 7.36.